The Bertz CT molecular complexity index is 511. The summed E-state index contributed by atoms with van der Waals surface area (Å²) in [7, 11) is 0. The van der Waals surface area contributed by atoms with Gasteiger partial charge in [-0.3, -0.25) is 4.79 Å². The summed E-state index contributed by atoms with van der Waals surface area (Å²) in [4.78, 5) is 12.1. The van der Waals surface area contributed by atoms with Gasteiger partial charge in [-0.05, 0) is 25.0 Å². The minimum atomic E-state index is -0.0238. The average molecular weight is 320 g/mol. The maximum atomic E-state index is 12.1. The third-order valence-electron chi connectivity index (χ3n) is 4.01. The fourth-order valence-electron chi connectivity index (χ4n) is 2.82. The van der Waals surface area contributed by atoms with E-state index in [-0.39, 0.29) is 18.1 Å². The summed E-state index contributed by atoms with van der Waals surface area (Å²) in [6.45, 7) is 3.47. The zero-order chi connectivity index (χ0) is 15.9. The Hall–Kier alpha value is -1.63. The van der Waals surface area contributed by atoms with Crippen LogP contribution in [0.4, 0.5) is 5.69 Å². The van der Waals surface area contributed by atoms with Crippen molar-refractivity contribution in [2.45, 2.75) is 31.4 Å². The second-order valence-corrected chi connectivity index (χ2v) is 5.95. The maximum absolute atomic E-state index is 12.1. The van der Waals surface area contributed by atoms with Gasteiger partial charge in [-0.25, -0.2) is 0 Å². The van der Waals surface area contributed by atoms with Crippen LogP contribution in [0.15, 0.2) is 24.3 Å². The first-order valence-corrected chi connectivity index (χ1v) is 8.25. The normalized spacial score (nSPS) is 24.3. The molecule has 6 heteroatoms. The molecule has 0 saturated carbocycles. The van der Waals surface area contributed by atoms with E-state index >= 15 is 0 Å². The quantitative estimate of drug-likeness (QED) is 0.832. The van der Waals surface area contributed by atoms with E-state index < -0.39 is 0 Å². The third kappa shape index (κ3) is 5.20. The van der Waals surface area contributed by atoms with Gasteiger partial charge in [0.25, 0.3) is 0 Å². The lowest BCUT2D eigenvalue weighted by Crippen LogP contribution is -2.43. The number of hydrogen-bond acceptors (Lipinski definition) is 5. The van der Waals surface area contributed by atoms with E-state index in [0.29, 0.717) is 26.2 Å². The van der Waals surface area contributed by atoms with Crippen molar-refractivity contribution in [3.05, 3.63) is 24.3 Å². The van der Waals surface area contributed by atoms with Crippen LogP contribution in [-0.2, 0) is 14.3 Å². The van der Waals surface area contributed by atoms with Crippen LogP contribution in [0.1, 0.15) is 19.3 Å². The lowest BCUT2D eigenvalue weighted by Gasteiger charge is -2.23. The number of amides is 1. The highest BCUT2D eigenvalue weighted by Gasteiger charge is 2.18. The van der Waals surface area contributed by atoms with Crippen LogP contribution < -0.4 is 15.4 Å². The smallest absolute Gasteiger partial charge is 0.226 e. The van der Waals surface area contributed by atoms with Crippen molar-refractivity contribution < 1.29 is 19.0 Å². The van der Waals surface area contributed by atoms with E-state index in [4.69, 9.17) is 14.2 Å². The lowest BCUT2D eigenvalue weighted by atomic mass is 10.2. The Labute approximate surface area is 136 Å². The van der Waals surface area contributed by atoms with Crippen LogP contribution in [0.2, 0.25) is 0 Å². The molecule has 1 aromatic rings. The van der Waals surface area contributed by atoms with Crippen molar-refractivity contribution in [3.8, 4) is 5.75 Å². The number of benzene rings is 1. The molecule has 23 heavy (non-hydrogen) atoms. The summed E-state index contributed by atoms with van der Waals surface area (Å²) >= 11 is 0. The van der Waals surface area contributed by atoms with Crippen molar-refractivity contribution in [1.29, 1.82) is 0 Å². The van der Waals surface area contributed by atoms with Gasteiger partial charge in [0.2, 0.25) is 5.91 Å². The van der Waals surface area contributed by atoms with Gasteiger partial charge < -0.3 is 24.8 Å². The van der Waals surface area contributed by atoms with Gasteiger partial charge in [0, 0.05) is 37.4 Å². The van der Waals surface area contributed by atoms with E-state index in [2.05, 4.69) is 10.6 Å². The molecule has 2 saturated heterocycles. The number of carbonyl (C=O) groups excluding carboxylic acids is 1. The van der Waals surface area contributed by atoms with E-state index in [9.17, 15) is 4.79 Å². The topological polar surface area (TPSA) is 68.8 Å². The Kier molecular flexibility index (Phi) is 5.85. The predicted molar refractivity (Wildman–Crippen MR) is 86.8 cm³/mol. The summed E-state index contributed by atoms with van der Waals surface area (Å²) in [5.41, 5.74) is 0.747. The van der Waals surface area contributed by atoms with E-state index in [1.165, 1.54) is 0 Å². The highest BCUT2D eigenvalue weighted by Crippen LogP contribution is 2.20. The molecular formula is C17H24N2O4. The van der Waals surface area contributed by atoms with Crippen LogP contribution in [0.3, 0.4) is 0 Å². The van der Waals surface area contributed by atoms with Gasteiger partial charge in [-0.1, -0.05) is 6.07 Å². The van der Waals surface area contributed by atoms with E-state index in [0.717, 1.165) is 37.4 Å². The molecule has 6 nitrogen and oxygen atoms in total. The first kappa shape index (κ1) is 16.2. The van der Waals surface area contributed by atoms with Gasteiger partial charge in [0.05, 0.1) is 19.3 Å². The molecule has 2 fully saturated rings. The molecule has 2 atom stereocenters. The Morgan fingerprint density at radius 1 is 1.39 bits per heavy atom. The number of rotatable bonds is 6. The minimum Gasteiger partial charge on any atom is -0.491 e. The number of hydrogen-bond donors (Lipinski definition) is 2. The van der Waals surface area contributed by atoms with Crippen molar-refractivity contribution in [2.24, 2.45) is 0 Å². The monoisotopic (exact) mass is 320 g/mol. The zero-order valence-corrected chi connectivity index (χ0v) is 13.3. The maximum Gasteiger partial charge on any atom is 0.226 e. The van der Waals surface area contributed by atoms with Gasteiger partial charge in [0.1, 0.15) is 12.4 Å². The fourth-order valence-corrected chi connectivity index (χ4v) is 2.82. The largest absolute Gasteiger partial charge is 0.491 e. The summed E-state index contributed by atoms with van der Waals surface area (Å²) in [5, 5.41) is 6.19. The molecule has 2 N–H and O–H groups in total. The standard InChI is InChI=1S/C17H24N2O4/c20-17(10-14-11-21-8-6-18-14)19-13-3-1-4-15(9-13)23-12-16-5-2-7-22-16/h1,3-4,9,14,16,18H,2,5-8,10-12H2,(H,19,20). The second kappa shape index (κ2) is 8.29. The van der Waals surface area contributed by atoms with Crippen LogP contribution in [0.5, 0.6) is 5.75 Å². The van der Waals surface area contributed by atoms with Gasteiger partial charge >= 0.3 is 0 Å². The molecule has 0 spiro atoms. The van der Waals surface area contributed by atoms with Crippen LogP contribution in [0.25, 0.3) is 0 Å². The molecule has 2 aliphatic heterocycles. The summed E-state index contributed by atoms with van der Waals surface area (Å²) in [5.74, 6) is 0.724. The first-order valence-electron chi connectivity index (χ1n) is 8.25. The SMILES string of the molecule is O=C(CC1COCCN1)Nc1cccc(OCC2CCCO2)c1. The zero-order valence-electron chi connectivity index (χ0n) is 13.3. The minimum absolute atomic E-state index is 0.0238. The summed E-state index contributed by atoms with van der Waals surface area (Å²) in [6, 6.07) is 7.56. The van der Waals surface area contributed by atoms with Crippen LogP contribution in [-0.4, -0.2) is 51.0 Å². The third-order valence-corrected chi connectivity index (χ3v) is 4.01. The van der Waals surface area contributed by atoms with Gasteiger partial charge in [-0.2, -0.15) is 0 Å². The Balaban J connectivity index is 1.47. The van der Waals surface area contributed by atoms with E-state index in [1.54, 1.807) is 0 Å². The Morgan fingerprint density at radius 2 is 2.35 bits per heavy atom. The molecule has 1 amide bonds. The fraction of sp³-hybridized carbons (Fsp3) is 0.588. The van der Waals surface area contributed by atoms with E-state index in [1.807, 2.05) is 24.3 Å². The van der Waals surface area contributed by atoms with Crippen molar-refractivity contribution >= 4 is 11.6 Å². The van der Waals surface area contributed by atoms with Crippen LogP contribution in [0, 0.1) is 0 Å². The average Bonchev–Trinajstić information content (AvgIpc) is 3.07. The molecular weight excluding hydrogens is 296 g/mol. The number of carbonyl (C=O) groups is 1. The lowest BCUT2D eigenvalue weighted by molar-refractivity contribution is -0.117. The van der Waals surface area contributed by atoms with Gasteiger partial charge in [-0.15, -0.1) is 0 Å². The highest BCUT2D eigenvalue weighted by molar-refractivity contribution is 5.91. The van der Waals surface area contributed by atoms with Crippen LogP contribution >= 0.6 is 0 Å². The number of ether oxygens (including phenoxy) is 3. The summed E-state index contributed by atoms with van der Waals surface area (Å²) < 4.78 is 16.7. The number of morpholine rings is 1. The predicted octanol–water partition coefficient (Wildman–Crippen LogP) is 1.56. The first-order chi connectivity index (χ1) is 11.3. The molecule has 1 aromatic carbocycles. The van der Waals surface area contributed by atoms with Crippen molar-refractivity contribution in [2.75, 3.05) is 38.3 Å². The summed E-state index contributed by atoms with van der Waals surface area (Å²) in [6.07, 6.45) is 2.74. The molecule has 0 radical (unpaired) electrons. The molecule has 3 rings (SSSR count). The second-order valence-electron chi connectivity index (χ2n) is 5.95. The molecule has 2 aliphatic rings. The molecule has 2 unspecified atom stereocenters. The van der Waals surface area contributed by atoms with Crippen molar-refractivity contribution in [1.82, 2.24) is 5.32 Å². The molecule has 0 aromatic heterocycles. The highest BCUT2D eigenvalue weighted by atomic mass is 16.5. The number of nitrogens with one attached hydrogen (secondary N) is 2. The Morgan fingerprint density at radius 3 is 3.13 bits per heavy atom. The molecule has 0 bridgehead atoms. The van der Waals surface area contributed by atoms with Crippen molar-refractivity contribution in [3.63, 3.8) is 0 Å². The molecule has 126 valence electrons. The molecule has 0 aliphatic carbocycles. The molecule has 2 heterocycles. The number of anilines is 1. The van der Waals surface area contributed by atoms with Gasteiger partial charge in [0.15, 0.2) is 0 Å².